The molecule has 0 saturated carbocycles. The molecule has 0 bridgehead atoms. The Morgan fingerprint density at radius 2 is 1.77 bits per heavy atom. The van der Waals surface area contributed by atoms with E-state index in [-0.39, 0.29) is 16.8 Å². The number of benzene rings is 1. The van der Waals surface area contributed by atoms with Gasteiger partial charge in [0.05, 0.1) is 13.2 Å². The number of esters is 1. The molecule has 0 spiro atoms. The maximum Gasteiger partial charge on any atom is 0.306 e. The number of hydrogen-bond donors (Lipinski definition) is 1. The minimum absolute atomic E-state index is 0.144. The molecule has 4 nitrogen and oxygen atoms in total. The van der Waals surface area contributed by atoms with Crippen LogP contribution in [0, 0.1) is 12.3 Å². The summed E-state index contributed by atoms with van der Waals surface area (Å²) in [6.45, 7) is 15.9. The molecule has 26 heavy (non-hydrogen) atoms. The van der Waals surface area contributed by atoms with Crippen LogP contribution in [-0.2, 0) is 26.1 Å². The minimum Gasteiger partial charge on any atom is -0.507 e. The van der Waals surface area contributed by atoms with Gasteiger partial charge in [-0.25, -0.2) is 0 Å². The highest BCUT2D eigenvalue weighted by atomic mass is 16.6. The van der Waals surface area contributed by atoms with Gasteiger partial charge in [-0.05, 0) is 47.3 Å². The molecule has 148 valence electrons. The molecule has 1 aromatic carbocycles. The van der Waals surface area contributed by atoms with Crippen molar-refractivity contribution in [3.05, 3.63) is 28.8 Å². The van der Waals surface area contributed by atoms with E-state index >= 15 is 0 Å². The molecule has 0 atom stereocenters. The maximum absolute atomic E-state index is 11.9. The van der Waals surface area contributed by atoms with Gasteiger partial charge in [0.2, 0.25) is 0 Å². The molecular weight excluding hydrogens is 328 g/mol. The number of hydrogen-bond acceptors (Lipinski definition) is 4. The zero-order valence-corrected chi connectivity index (χ0v) is 17.6. The number of aryl methyl sites for hydroxylation is 2. The van der Waals surface area contributed by atoms with Crippen molar-refractivity contribution < 1.29 is 19.4 Å². The van der Waals surface area contributed by atoms with E-state index in [9.17, 15) is 9.90 Å². The Labute approximate surface area is 158 Å². The standard InChI is InChI=1S/C22H36O4/c1-8-22(6,7)15-25-11-12-26-19(23)10-9-17-13-16(2)20(24)18(14-17)21(3,4)5/h13-14,24H,8-12,15H2,1-7H3. The van der Waals surface area contributed by atoms with Crippen LogP contribution in [-0.4, -0.2) is 30.9 Å². The Balaban J connectivity index is 2.45. The summed E-state index contributed by atoms with van der Waals surface area (Å²) in [4.78, 5) is 11.9. The van der Waals surface area contributed by atoms with Crippen molar-refractivity contribution in [2.45, 2.75) is 73.1 Å². The zero-order chi connectivity index (χ0) is 20.0. The fraction of sp³-hybridized carbons (Fsp3) is 0.682. The smallest absolute Gasteiger partial charge is 0.306 e. The number of carbonyl (C=O) groups is 1. The first-order chi connectivity index (χ1) is 12.0. The molecular formula is C22H36O4. The highest BCUT2D eigenvalue weighted by Gasteiger charge is 2.20. The first-order valence-corrected chi connectivity index (χ1v) is 9.52. The SMILES string of the molecule is CCC(C)(C)COCCOC(=O)CCc1cc(C)c(O)c(C(C)(C)C)c1. The van der Waals surface area contributed by atoms with Gasteiger partial charge in [-0.3, -0.25) is 4.79 Å². The summed E-state index contributed by atoms with van der Waals surface area (Å²) < 4.78 is 10.8. The normalized spacial score (nSPS) is 12.3. The minimum atomic E-state index is -0.216. The van der Waals surface area contributed by atoms with Crippen LogP contribution in [0.15, 0.2) is 12.1 Å². The van der Waals surface area contributed by atoms with E-state index in [4.69, 9.17) is 9.47 Å². The van der Waals surface area contributed by atoms with E-state index < -0.39 is 0 Å². The van der Waals surface area contributed by atoms with E-state index in [1.165, 1.54) is 0 Å². The summed E-state index contributed by atoms with van der Waals surface area (Å²) in [5.74, 6) is 0.127. The molecule has 0 saturated heterocycles. The molecule has 0 amide bonds. The molecule has 0 fully saturated rings. The first kappa shape index (κ1) is 22.5. The summed E-state index contributed by atoms with van der Waals surface area (Å²) in [6, 6.07) is 3.93. The number of phenols is 1. The van der Waals surface area contributed by atoms with Gasteiger partial charge in [0.15, 0.2) is 0 Å². The van der Waals surface area contributed by atoms with Crippen molar-refractivity contribution in [1.29, 1.82) is 0 Å². The van der Waals surface area contributed by atoms with Crippen LogP contribution in [0.2, 0.25) is 0 Å². The molecule has 0 heterocycles. The second-order valence-corrected chi connectivity index (χ2v) is 8.85. The van der Waals surface area contributed by atoms with E-state index in [0.29, 0.717) is 38.4 Å². The van der Waals surface area contributed by atoms with E-state index in [1.54, 1.807) is 0 Å². The maximum atomic E-state index is 11.9. The van der Waals surface area contributed by atoms with E-state index in [1.807, 2.05) is 19.1 Å². The van der Waals surface area contributed by atoms with Crippen LogP contribution in [0.1, 0.15) is 71.1 Å². The molecule has 1 rings (SSSR count). The molecule has 0 radical (unpaired) electrons. The fourth-order valence-electron chi connectivity index (χ4n) is 2.55. The van der Waals surface area contributed by atoms with Crippen LogP contribution in [0.25, 0.3) is 0 Å². The van der Waals surface area contributed by atoms with Gasteiger partial charge < -0.3 is 14.6 Å². The summed E-state index contributed by atoms with van der Waals surface area (Å²) in [5.41, 5.74) is 2.81. The fourth-order valence-corrected chi connectivity index (χ4v) is 2.55. The van der Waals surface area contributed by atoms with Gasteiger partial charge in [-0.15, -0.1) is 0 Å². The monoisotopic (exact) mass is 364 g/mol. The van der Waals surface area contributed by atoms with Crippen molar-refractivity contribution in [3.63, 3.8) is 0 Å². The summed E-state index contributed by atoms with van der Waals surface area (Å²) in [6.07, 6.45) is 1.98. The lowest BCUT2D eigenvalue weighted by molar-refractivity contribution is -0.145. The van der Waals surface area contributed by atoms with Gasteiger partial charge >= 0.3 is 5.97 Å². The number of carbonyl (C=O) groups excluding carboxylic acids is 1. The van der Waals surface area contributed by atoms with Crippen LogP contribution in [0.5, 0.6) is 5.75 Å². The third kappa shape index (κ3) is 7.36. The van der Waals surface area contributed by atoms with Crippen molar-refractivity contribution in [3.8, 4) is 5.75 Å². The molecule has 1 aromatic rings. The molecule has 1 N–H and O–H groups in total. The predicted molar refractivity (Wildman–Crippen MR) is 106 cm³/mol. The van der Waals surface area contributed by atoms with Gasteiger partial charge in [0.1, 0.15) is 12.4 Å². The quantitative estimate of drug-likeness (QED) is 0.499. The average molecular weight is 365 g/mol. The molecule has 0 unspecified atom stereocenters. The molecule has 0 aromatic heterocycles. The predicted octanol–water partition coefficient (Wildman–Crippen LogP) is 4.93. The number of phenolic OH excluding ortho intramolecular Hbond substituents is 1. The third-order valence-electron chi connectivity index (χ3n) is 4.73. The van der Waals surface area contributed by atoms with Gasteiger partial charge in [-0.2, -0.15) is 0 Å². The lowest BCUT2D eigenvalue weighted by atomic mass is 9.83. The third-order valence-corrected chi connectivity index (χ3v) is 4.73. The van der Waals surface area contributed by atoms with Crippen molar-refractivity contribution in [2.75, 3.05) is 19.8 Å². The largest absolute Gasteiger partial charge is 0.507 e. The summed E-state index contributed by atoms with van der Waals surface area (Å²) in [7, 11) is 0. The van der Waals surface area contributed by atoms with Crippen molar-refractivity contribution >= 4 is 5.97 Å². The molecule has 4 heteroatoms. The summed E-state index contributed by atoms with van der Waals surface area (Å²) in [5, 5.41) is 10.3. The highest BCUT2D eigenvalue weighted by Crippen LogP contribution is 2.34. The Morgan fingerprint density at radius 1 is 1.12 bits per heavy atom. The molecule has 0 aliphatic rings. The van der Waals surface area contributed by atoms with Gasteiger partial charge in [-0.1, -0.05) is 53.7 Å². The van der Waals surface area contributed by atoms with Crippen LogP contribution in [0.4, 0.5) is 0 Å². The van der Waals surface area contributed by atoms with E-state index in [0.717, 1.165) is 23.1 Å². The van der Waals surface area contributed by atoms with Crippen LogP contribution < -0.4 is 0 Å². The zero-order valence-electron chi connectivity index (χ0n) is 17.6. The summed E-state index contributed by atoms with van der Waals surface area (Å²) >= 11 is 0. The van der Waals surface area contributed by atoms with E-state index in [2.05, 4.69) is 41.5 Å². The second-order valence-electron chi connectivity index (χ2n) is 8.85. The number of ether oxygens (including phenoxy) is 2. The lowest BCUT2D eigenvalue weighted by Gasteiger charge is -2.22. The van der Waals surface area contributed by atoms with Crippen molar-refractivity contribution in [2.24, 2.45) is 5.41 Å². The van der Waals surface area contributed by atoms with Crippen LogP contribution >= 0.6 is 0 Å². The van der Waals surface area contributed by atoms with Gasteiger partial charge in [0.25, 0.3) is 0 Å². The van der Waals surface area contributed by atoms with Crippen molar-refractivity contribution in [1.82, 2.24) is 0 Å². The highest BCUT2D eigenvalue weighted by molar-refractivity contribution is 5.69. The molecule has 0 aliphatic carbocycles. The Bertz CT molecular complexity index is 597. The Morgan fingerprint density at radius 3 is 2.35 bits per heavy atom. The Hall–Kier alpha value is -1.55. The lowest BCUT2D eigenvalue weighted by Crippen LogP contribution is -2.20. The number of aromatic hydroxyl groups is 1. The molecule has 0 aliphatic heterocycles. The second kappa shape index (κ2) is 9.40. The number of rotatable bonds is 9. The average Bonchev–Trinajstić information content (AvgIpc) is 2.54. The Kier molecular flexibility index (Phi) is 8.14. The first-order valence-electron chi connectivity index (χ1n) is 9.52. The van der Waals surface area contributed by atoms with Gasteiger partial charge in [0, 0.05) is 6.42 Å². The van der Waals surface area contributed by atoms with Crippen LogP contribution in [0.3, 0.4) is 0 Å². The topological polar surface area (TPSA) is 55.8 Å².